The van der Waals surface area contributed by atoms with E-state index in [2.05, 4.69) is 316 Å². The second kappa shape index (κ2) is 18.7. The van der Waals surface area contributed by atoms with E-state index in [-0.39, 0.29) is 5.41 Å². The van der Waals surface area contributed by atoms with Gasteiger partial charge in [0.25, 0.3) is 0 Å². The number of para-hydroxylation sites is 2. The van der Waals surface area contributed by atoms with Crippen molar-refractivity contribution in [1.82, 2.24) is 0 Å². The Balaban J connectivity index is 0.952. The molecule has 12 aromatic carbocycles. The summed E-state index contributed by atoms with van der Waals surface area (Å²) in [6, 6.07) is 110. The van der Waals surface area contributed by atoms with Crippen molar-refractivity contribution in [3.63, 3.8) is 0 Å². The Labute approximate surface area is 452 Å². The number of nitrogens with zero attached hydrogens (tertiary/aromatic N) is 1. The summed E-state index contributed by atoms with van der Waals surface area (Å²) in [5.41, 5.74) is 27.6. The van der Waals surface area contributed by atoms with Crippen molar-refractivity contribution < 1.29 is 0 Å². The first-order valence-electron chi connectivity index (χ1n) is 26.9. The summed E-state index contributed by atoms with van der Waals surface area (Å²) in [5.74, 6) is 0. The average molecular weight is 982 g/mol. The predicted molar refractivity (Wildman–Crippen MR) is 323 cm³/mol. The molecule has 2 aliphatic rings. The van der Waals surface area contributed by atoms with Gasteiger partial charge in [-0.25, -0.2) is 0 Å². The van der Waals surface area contributed by atoms with Gasteiger partial charge in [0.05, 0.1) is 16.8 Å². The van der Waals surface area contributed by atoms with Crippen LogP contribution in [0.25, 0.3) is 77.9 Å². The van der Waals surface area contributed by atoms with Gasteiger partial charge in [-0.05, 0) is 130 Å². The smallest absolute Gasteiger partial charge is 0.0713 e. The third-order valence-electron chi connectivity index (χ3n) is 16.6. The molecule has 0 radical (unpaired) electrons. The van der Waals surface area contributed by atoms with Crippen LogP contribution in [0.1, 0.15) is 47.2 Å². The Morgan fingerprint density at radius 1 is 0.247 bits per heavy atom. The van der Waals surface area contributed by atoms with Crippen LogP contribution in [0.15, 0.2) is 297 Å². The zero-order chi connectivity index (χ0) is 51.5. The summed E-state index contributed by atoms with van der Waals surface area (Å²) in [7, 11) is 0. The molecule has 0 unspecified atom stereocenters. The number of benzene rings is 12. The zero-order valence-corrected chi connectivity index (χ0v) is 43.2. The van der Waals surface area contributed by atoms with Crippen molar-refractivity contribution in [3.05, 3.63) is 331 Å². The van der Waals surface area contributed by atoms with Gasteiger partial charge in [-0.15, -0.1) is 0 Å². The van der Waals surface area contributed by atoms with Crippen LogP contribution in [0.4, 0.5) is 17.1 Å². The minimum absolute atomic E-state index is 0.136. The molecule has 0 aliphatic heterocycles. The van der Waals surface area contributed by atoms with Crippen LogP contribution in [0.3, 0.4) is 0 Å². The van der Waals surface area contributed by atoms with Crippen LogP contribution in [-0.4, -0.2) is 0 Å². The Kier molecular flexibility index (Phi) is 11.2. The highest BCUT2D eigenvalue weighted by Gasteiger charge is 2.46. The van der Waals surface area contributed by atoms with Gasteiger partial charge in [-0.1, -0.05) is 281 Å². The van der Waals surface area contributed by atoms with Gasteiger partial charge in [-0.3, -0.25) is 0 Å². The van der Waals surface area contributed by atoms with Crippen molar-refractivity contribution in [2.75, 3.05) is 4.90 Å². The van der Waals surface area contributed by atoms with Gasteiger partial charge >= 0.3 is 0 Å². The van der Waals surface area contributed by atoms with E-state index < -0.39 is 5.41 Å². The molecular formula is C76H55N. The highest BCUT2D eigenvalue weighted by molar-refractivity contribution is 6.02. The SMILES string of the molecule is CC1(C)c2ccccc2-c2c(-c3ccccc3N(c3ccc(-c4ccc5c(c4)-c4ccccc4C5(c4ccccc4)c4ccccc4)cc3)c3ccccc3-c3ccccc3-c3ccccc3-c3ccccc3)cccc21. The lowest BCUT2D eigenvalue weighted by Gasteiger charge is -2.33. The molecule has 2 aliphatic carbocycles. The van der Waals surface area contributed by atoms with Crippen LogP contribution in [-0.2, 0) is 10.8 Å². The minimum atomic E-state index is -0.447. The minimum Gasteiger partial charge on any atom is -0.309 e. The van der Waals surface area contributed by atoms with Crippen molar-refractivity contribution in [1.29, 1.82) is 0 Å². The maximum absolute atomic E-state index is 2.51. The van der Waals surface area contributed by atoms with E-state index in [4.69, 9.17) is 0 Å². The molecule has 0 amide bonds. The fourth-order valence-electron chi connectivity index (χ4n) is 13.2. The quantitative estimate of drug-likeness (QED) is 0.132. The van der Waals surface area contributed by atoms with E-state index in [1.54, 1.807) is 0 Å². The number of rotatable bonds is 10. The van der Waals surface area contributed by atoms with Gasteiger partial charge in [-0.2, -0.15) is 0 Å². The summed E-state index contributed by atoms with van der Waals surface area (Å²) >= 11 is 0. The molecule has 0 N–H and O–H groups in total. The first-order valence-corrected chi connectivity index (χ1v) is 26.9. The molecule has 0 spiro atoms. The summed E-state index contributed by atoms with van der Waals surface area (Å²) < 4.78 is 0. The number of hydrogen-bond acceptors (Lipinski definition) is 1. The second-order valence-corrected chi connectivity index (χ2v) is 21.1. The molecule has 1 nitrogen and oxygen atoms in total. The number of hydrogen-bond donors (Lipinski definition) is 0. The van der Waals surface area contributed by atoms with E-state index >= 15 is 0 Å². The van der Waals surface area contributed by atoms with E-state index in [9.17, 15) is 0 Å². The molecule has 14 rings (SSSR count). The zero-order valence-electron chi connectivity index (χ0n) is 43.2. The van der Waals surface area contributed by atoms with Gasteiger partial charge in [0, 0.05) is 22.2 Å². The largest absolute Gasteiger partial charge is 0.309 e. The molecule has 364 valence electrons. The van der Waals surface area contributed by atoms with Crippen molar-refractivity contribution >= 4 is 17.1 Å². The van der Waals surface area contributed by atoms with E-state index in [1.807, 2.05) is 0 Å². The number of fused-ring (bicyclic) bond motifs is 6. The third kappa shape index (κ3) is 7.37. The summed E-state index contributed by atoms with van der Waals surface area (Å²) in [5, 5.41) is 0. The molecule has 1 heteroatoms. The van der Waals surface area contributed by atoms with Gasteiger partial charge in [0.15, 0.2) is 0 Å². The van der Waals surface area contributed by atoms with Crippen LogP contribution < -0.4 is 4.90 Å². The third-order valence-corrected chi connectivity index (χ3v) is 16.6. The summed E-state index contributed by atoms with van der Waals surface area (Å²) in [6.45, 7) is 4.74. The lowest BCUT2D eigenvalue weighted by atomic mass is 9.67. The van der Waals surface area contributed by atoms with Crippen molar-refractivity contribution in [2.45, 2.75) is 24.7 Å². The van der Waals surface area contributed by atoms with Gasteiger partial charge < -0.3 is 4.90 Å². The van der Waals surface area contributed by atoms with Crippen LogP contribution in [0, 0.1) is 0 Å². The maximum Gasteiger partial charge on any atom is 0.0713 e. The lowest BCUT2D eigenvalue weighted by molar-refractivity contribution is 0.660. The van der Waals surface area contributed by atoms with Crippen LogP contribution in [0.2, 0.25) is 0 Å². The maximum atomic E-state index is 2.51. The molecule has 12 aromatic rings. The number of anilines is 3. The van der Waals surface area contributed by atoms with Crippen molar-refractivity contribution in [2.24, 2.45) is 0 Å². The molecule has 0 bridgehead atoms. The molecule has 0 aromatic heterocycles. The molecular weight excluding hydrogens is 927 g/mol. The van der Waals surface area contributed by atoms with Crippen LogP contribution >= 0.6 is 0 Å². The fraction of sp³-hybridized carbons (Fsp3) is 0.0526. The van der Waals surface area contributed by atoms with Crippen molar-refractivity contribution in [3.8, 4) is 77.9 Å². The standard InChI is InChI=1S/C76H55N/c1-75(2)68-40-20-17-38-66(68)74-65(39-24-42-71(74)75)64-37-19-23-44-73(64)77(72-43-22-18-36-63(72)61-34-15-14-33-60(61)59-32-13-12-31-58(59)53-25-6-3-7-26-53)57-48-45-52(46-49-57)54-47-50-70-67(51-54)62-35-16-21-41-69(62)76(70,55-27-8-4-9-28-55)56-29-10-5-11-30-56/h3-51H,1-2H3. The van der Waals surface area contributed by atoms with E-state index in [0.29, 0.717) is 0 Å². The monoisotopic (exact) mass is 981 g/mol. The summed E-state index contributed by atoms with van der Waals surface area (Å²) in [4.78, 5) is 2.51. The Morgan fingerprint density at radius 2 is 0.662 bits per heavy atom. The molecule has 0 heterocycles. The van der Waals surface area contributed by atoms with Gasteiger partial charge in [0.1, 0.15) is 0 Å². The Morgan fingerprint density at radius 3 is 1.29 bits per heavy atom. The van der Waals surface area contributed by atoms with E-state index in [1.165, 1.54) is 100 Å². The molecule has 0 saturated heterocycles. The molecule has 0 atom stereocenters. The Bertz CT molecular complexity index is 4130. The Hall–Kier alpha value is -9.56. The molecule has 0 saturated carbocycles. The normalized spacial score (nSPS) is 13.3. The topological polar surface area (TPSA) is 3.24 Å². The fourth-order valence-corrected chi connectivity index (χ4v) is 13.2. The predicted octanol–water partition coefficient (Wildman–Crippen LogP) is 20.2. The second-order valence-electron chi connectivity index (χ2n) is 21.1. The average Bonchev–Trinajstić information content (AvgIpc) is 4.18. The highest BCUT2D eigenvalue weighted by Crippen LogP contribution is 2.58. The first kappa shape index (κ1) is 46.0. The molecule has 77 heavy (non-hydrogen) atoms. The van der Waals surface area contributed by atoms with E-state index in [0.717, 1.165) is 28.2 Å². The summed E-state index contributed by atoms with van der Waals surface area (Å²) in [6.07, 6.45) is 0. The van der Waals surface area contributed by atoms with Crippen LogP contribution in [0.5, 0.6) is 0 Å². The molecule has 0 fully saturated rings. The first-order chi connectivity index (χ1) is 38.0. The lowest BCUT2D eigenvalue weighted by Crippen LogP contribution is -2.28. The van der Waals surface area contributed by atoms with Gasteiger partial charge in [0.2, 0.25) is 0 Å². The highest BCUT2D eigenvalue weighted by atomic mass is 15.1.